The van der Waals surface area contributed by atoms with Crippen molar-refractivity contribution in [1.82, 2.24) is 4.90 Å². The molecule has 5 nitrogen and oxygen atoms in total. The zero-order valence-corrected chi connectivity index (χ0v) is 19.1. The van der Waals surface area contributed by atoms with Crippen LogP contribution in [0.5, 0.6) is 11.5 Å². The summed E-state index contributed by atoms with van der Waals surface area (Å²) >= 11 is 6.00. The molecule has 0 saturated carbocycles. The highest BCUT2D eigenvalue weighted by atomic mass is 35.5. The summed E-state index contributed by atoms with van der Waals surface area (Å²) in [6, 6.07) is 13.3. The van der Waals surface area contributed by atoms with E-state index in [4.69, 9.17) is 21.1 Å². The second-order valence-corrected chi connectivity index (χ2v) is 9.03. The first-order chi connectivity index (χ1) is 15.0. The van der Waals surface area contributed by atoms with E-state index in [1.165, 1.54) is 12.8 Å². The zero-order chi connectivity index (χ0) is 21.8. The van der Waals surface area contributed by atoms with Gasteiger partial charge in [-0.3, -0.25) is 9.69 Å². The number of carbonyl (C=O) groups is 1. The van der Waals surface area contributed by atoms with Gasteiger partial charge < -0.3 is 14.4 Å². The molecular weight excluding hydrogens is 412 g/mol. The molecule has 6 heteroatoms. The molecule has 1 atom stereocenters. The maximum atomic E-state index is 13.1. The van der Waals surface area contributed by atoms with Crippen molar-refractivity contribution in [2.24, 2.45) is 5.92 Å². The summed E-state index contributed by atoms with van der Waals surface area (Å²) in [7, 11) is 1.64. The Balaban J connectivity index is 1.42. The molecule has 2 aliphatic heterocycles. The average Bonchev–Trinajstić information content (AvgIpc) is 3.17. The summed E-state index contributed by atoms with van der Waals surface area (Å²) in [5.74, 6) is 2.18. The third-order valence-corrected chi connectivity index (χ3v) is 6.73. The Morgan fingerprint density at radius 1 is 1.00 bits per heavy atom. The van der Waals surface area contributed by atoms with Gasteiger partial charge in [-0.25, -0.2) is 0 Å². The molecule has 2 heterocycles. The number of ether oxygens (including phenoxy) is 2. The van der Waals surface area contributed by atoms with Crippen LogP contribution in [0, 0.1) is 5.92 Å². The summed E-state index contributed by atoms with van der Waals surface area (Å²) in [5, 5.41) is 0.682. The van der Waals surface area contributed by atoms with Gasteiger partial charge in [0, 0.05) is 29.9 Å². The summed E-state index contributed by atoms with van der Waals surface area (Å²) in [5.41, 5.74) is 1.86. The average molecular weight is 443 g/mol. The Kier molecular flexibility index (Phi) is 7.03. The van der Waals surface area contributed by atoms with Crippen molar-refractivity contribution in [2.45, 2.75) is 32.1 Å². The molecule has 166 valence electrons. The minimum Gasteiger partial charge on any atom is -0.493 e. The van der Waals surface area contributed by atoms with Gasteiger partial charge in [0.05, 0.1) is 13.0 Å². The number of amides is 1. The van der Waals surface area contributed by atoms with Crippen LogP contribution in [0.25, 0.3) is 0 Å². The fourth-order valence-corrected chi connectivity index (χ4v) is 4.58. The highest BCUT2D eigenvalue weighted by molar-refractivity contribution is 6.30. The van der Waals surface area contributed by atoms with E-state index in [1.807, 2.05) is 47.4 Å². The van der Waals surface area contributed by atoms with Crippen molar-refractivity contribution in [3.63, 3.8) is 0 Å². The largest absolute Gasteiger partial charge is 0.493 e. The molecule has 0 aliphatic carbocycles. The number of hydrogen-bond donors (Lipinski definition) is 0. The molecule has 2 fully saturated rings. The number of rotatable bonds is 7. The standard InChI is InChI=1S/C25H31ClN2O3/c1-18-9-12-27(13-10-18)15-16-31-24-17-21(7-8-23(24)30-2)28-14-11-22(25(28)29)19-3-5-20(26)6-4-19/h3-8,17-18,22H,9-16H2,1-2H3. The second-order valence-electron chi connectivity index (χ2n) is 8.59. The number of methoxy groups -OCH3 is 1. The van der Waals surface area contributed by atoms with Crippen LogP contribution in [0.2, 0.25) is 5.02 Å². The molecule has 2 saturated heterocycles. The number of benzene rings is 2. The van der Waals surface area contributed by atoms with Gasteiger partial charge in [0.25, 0.3) is 0 Å². The number of hydrogen-bond acceptors (Lipinski definition) is 4. The number of nitrogens with zero attached hydrogens (tertiary/aromatic N) is 2. The van der Waals surface area contributed by atoms with Gasteiger partial charge >= 0.3 is 0 Å². The molecule has 0 radical (unpaired) electrons. The van der Waals surface area contributed by atoms with E-state index in [-0.39, 0.29) is 11.8 Å². The number of halogens is 1. The van der Waals surface area contributed by atoms with E-state index in [2.05, 4.69) is 11.8 Å². The van der Waals surface area contributed by atoms with E-state index >= 15 is 0 Å². The molecule has 4 rings (SSSR count). The normalized spacial score (nSPS) is 20.3. The molecule has 1 unspecified atom stereocenters. The SMILES string of the molecule is COc1ccc(N2CCC(c3ccc(Cl)cc3)C2=O)cc1OCCN1CCC(C)CC1. The van der Waals surface area contributed by atoms with Crippen molar-refractivity contribution < 1.29 is 14.3 Å². The van der Waals surface area contributed by atoms with Gasteiger partial charge in [0.15, 0.2) is 11.5 Å². The van der Waals surface area contributed by atoms with Crippen molar-refractivity contribution in [2.75, 3.05) is 44.8 Å². The fourth-order valence-electron chi connectivity index (χ4n) is 4.46. The van der Waals surface area contributed by atoms with Crippen LogP contribution in [0.15, 0.2) is 42.5 Å². The number of piperidine rings is 1. The minimum absolute atomic E-state index is 0.112. The van der Waals surface area contributed by atoms with Gasteiger partial charge in [-0.15, -0.1) is 0 Å². The van der Waals surface area contributed by atoms with Crippen LogP contribution in [0.1, 0.15) is 37.7 Å². The lowest BCUT2D eigenvalue weighted by molar-refractivity contribution is -0.118. The predicted molar refractivity (Wildman–Crippen MR) is 124 cm³/mol. The predicted octanol–water partition coefficient (Wildman–Crippen LogP) is 4.98. The van der Waals surface area contributed by atoms with Crippen LogP contribution in [0.4, 0.5) is 5.69 Å². The summed E-state index contributed by atoms with van der Waals surface area (Å²) in [4.78, 5) is 17.4. The van der Waals surface area contributed by atoms with Gasteiger partial charge in [0.2, 0.25) is 5.91 Å². The van der Waals surface area contributed by atoms with E-state index in [0.29, 0.717) is 29.7 Å². The highest BCUT2D eigenvalue weighted by Gasteiger charge is 2.34. The van der Waals surface area contributed by atoms with Crippen molar-refractivity contribution in [3.05, 3.63) is 53.1 Å². The van der Waals surface area contributed by atoms with Gasteiger partial charge in [-0.2, -0.15) is 0 Å². The van der Waals surface area contributed by atoms with E-state index < -0.39 is 0 Å². The first kappa shape index (κ1) is 22.0. The molecule has 31 heavy (non-hydrogen) atoms. The molecule has 0 bridgehead atoms. The van der Waals surface area contributed by atoms with E-state index in [0.717, 1.165) is 43.2 Å². The molecule has 0 aromatic heterocycles. The summed E-state index contributed by atoms with van der Waals surface area (Å²) in [6.07, 6.45) is 3.30. The van der Waals surface area contributed by atoms with Crippen LogP contribution >= 0.6 is 11.6 Å². The van der Waals surface area contributed by atoms with Crippen LogP contribution < -0.4 is 14.4 Å². The number of anilines is 1. The molecule has 0 N–H and O–H groups in total. The Morgan fingerprint density at radius 3 is 2.45 bits per heavy atom. The van der Waals surface area contributed by atoms with Gasteiger partial charge in [-0.05, 0) is 68.1 Å². The Morgan fingerprint density at radius 2 is 1.74 bits per heavy atom. The quantitative estimate of drug-likeness (QED) is 0.606. The maximum absolute atomic E-state index is 13.1. The third kappa shape index (κ3) is 5.16. The van der Waals surface area contributed by atoms with Crippen molar-refractivity contribution in [3.8, 4) is 11.5 Å². The first-order valence-corrected chi connectivity index (χ1v) is 11.5. The fraction of sp³-hybridized carbons (Fsp3) is 0.480. The van der Waals surface area contributed by atoms with Crippen LogP contribution in [-0.4, -0.2) is 50.7 Å². The Hall–Kier alpha value is -2.24. The second kappa shape index (κ2) is 9.92. The Bertz CT molecular complexity index is 894. The molecular formula is C25H31ClN2O3. The molecule has 2 aliphatic rings. The zero-order valence-electron chi connectivity index (χ0n) is 18.4. The summed E-state index contributed by atoms with van der Waals surface area (Å²) in [6.45, 7) is 6.79. The van der Waals surface area contributed by atoms with Crippen LogP contribution in [-0.2, 0) is 4.79 Å². The Labute approximate surface area is 189 Å². The van der Waals surface area contributed by atoms with Gasteiger partial charge in [-0.1, -0.05) is 30.7 Å². The molecule has 2 aromatic rings. The minimum atomic E-state index is -0.134. The van der Waals surface area contributed by atoms with Gasteiger partial charge in [0.1, 0.15) is 6.61 Å². The van der Waals surface area contributed by atoms with Crippen molar-refractivity contribution in [1.29, 1.82) is 0 Å². The highest BCUT2D eigenvalue weighted by Crippen LogP contribution is 2.37. The third-order valence-electron chi connectivity index (χ3n) is 6.48. The monoisotopic (exact) mass is 442 g/mol. The van der Waals surface area contributed by atoms with Crippen LogP contribution in [0.3, 0.4) is 0 Å². The number of carbonyl (C=O) groups excluding carboxylic acids is 1. The molecule has 0 spiro atoms. The molecule has 1 amide bonds. The lowest BCUT2D eigenvalue weighted by Crippen LogP contribution is -2.35. The van der Waals surface area contributed by atoms with Crippen molar-refractivity contribution >= 4 is 23.2 Å². The lowest BCUT2D eigenvalue weighted by atomic mass is 9.98. The number of likely N-dealkylation sites (tertiary alicyclic amines) is 1. The molecule has 2 aromatic carbocycles. The lowest BCUT2D eigenvalue weighted by Gasteiger charge is -2.30. The topological polar surface area (TPSA) is 42.0 Å². The summed E-state index contributed by atoms with van der Waals surface area (Å²) < 4.78 is 11.6. The first-order valence-electron chi connectivity index (χ1n) is 11.1. The smallest absolute Gasteiger partial charge is 0.234 e. The van der Waals surface area contributed by atoms with E-state index in [1.54, 1.807) is 7.11 Å². The van der Waals surface area contributed by atoms with E-state index in [9.17, 15) is 4.79 Å². The maximum Gasteiger partial charge on any atom is 0.234 e.